The van der Waals surface area contributed by atoms with Gasteiger partial charge in [-0.2, -0.15) is 13.2 Å². The molecule has 3 nitrogen and oxygen atoms in total. The number of amides is 1. The van der Waals surface area contributed by atoms with Gasteiger partial charge in [-0.15, -0.1) is 12.4 Å². The Morgan fingerprint density at radius 3 is 2.36 bits per heavy atom. The third-order valence-corrected chi connectivity index (χ3v) is 2.73. The maximum Gasteiger partial charge on any atom is 0.471 e. The molecule has 0 atom stereocenters. The lowest BCUT2D eigenvalue weighted by atomic mass is 10.0. The van der Waals surface area contributed by atoms with Crippen molar-refractivity contribution in [2.24, 2.45) is 0 Å². The second-order valence-corrected chi connectivity index (χ2v) is 4.23. The Morgan fingerprint density at radius 2 is 1.77 bits per heavy atom. The predicted octanol–water partition coefficient (Wildman–Crippen LogP) is 3.49. The first-order valence-corrected chi connectivity index (χ1v) is 5.92. The molecule has 1 aromatic heterocycles. The number of benzene rings is 1. The molecule has 1 heterocycles. The van der Waals surface area contributed by atoms with Crippen molar-refractivity contribution < 1.29 is 22.4 Å². The lowest BCUT2D eigenvalue weighted by Crippen LogP contribution is -2.36. The zero-order valence-corrected chi connectivity index (χ0v) is 11.8. The molecule has 2 rings (SSSR count). The number of hydrogen-bond donors (Lipinski definition) is 1. The van der Waals surface area contributed by atoms with E-state index < -0.39 is 17.9 Å². The number of carbonyl (C=O) groups excluding carboxylic acids is 1. The highest BCUT2D eigenvalue weighted by molar-refractivity contribution is 5.85. The van der Waals surface area contributed by atoms with Crippen LogP contribution in [0.3, 0.4) is 0 Å². The maximum atomic E-state index is 13.8. The number of aromatic nitrogens is 1. The summed E-state index contributed by atoms with van der Waals surface area (Å²) in [6, 6.07) is 7.01. The molecule has 8 heteroatoms. The first kappa shape index (κ1) is 17.9. The lowest BCUT2D eigenvalue weighted by Gasteiger charge is -2.10. The topological polar surface area (TPSA) is 42.0 Å². The van der Waals surface area contributed by atoms with Crippen LogP contribution >= 0.6 is 12.4 Å². The van der Waals surface area contributed by atoms with Crippen LogP contribution in [0.15, 0.2) is 42.7 Å². The predicted molar refractivity (Wildman–Crippen MR) is 74.8 cm³/mol. The van der Waals surface area contributed by atoms with Crippen LogP contribution in [0, 0.1) is 5.82 Å². The standard InChI is InChI=1S/C14H10F4N2O.ClH/c15-12-2-1-9(8-20-13(21)14(16,17)18)7-11(12)10-3-5-19-6-4-10;/h1-7H,8H2,(H,20,21);1H. The smallest absolute Gasteiger partial charge is 0.344 e. The minimum Gasteiger partial charge on any atom is -0.344 e. The average Bonchev–Trinajstić information content (AvgIpc) is 2.46. The number of pyridine rings is 1. The van der Waals surface area contributed by atoms with Crippen molar-refractivity contribution in [3.05, 3.63) is 54.1 Å². The first-order valence-electron chi connectivity index (χ1n) is 5.92. The second-order valence-electron chi connectivity index (χ2n) is 4.23. The molecule has 0 fully saturated rings. The largest absolute Gasteiger partial charge is 0.471 e. The van der Waals surface area contributed by atoms with Crippen molar-refractivity contribution in [1.82, 2.24) is 10.3 Å². The third-order valence-electron chi connectivity index (χ3n) is 2.73. The summed E-state index contributed by atoms with van der Waals surface area (Å²) in [4.78, 5) is 14.5. The SMILES string of the molecule is Cl.O=C(NCc1ccc(F)c(-c2ccncc2)c1)C(F)(F)F. The van der Waals surface area contributed by atoms with Gasteiger partial charge in [0, 0.05) is 24.5 Å². The van der Waals surface area contributed by atoms with Crippen molar-refractivity contribution in [2.75, 3.05) is 0 Å². The first-order chi connectivity index (χ1) is 9.88. The molecule has 1 N–H and O–H groups in total. The Labute approximate surface area is 129 Å². The quantitative estimate of drug-likeness (QED) is 0.873. The number of halogens is 5. The van der Waals surface area contributed by atoms with Crippen LogP contribution in [-0.2, 0) is 11.3 Å². The third kappa shape index (κ3) is 4.42. The fourth-order valence-electron chi connectivity index (χ4n) is 1.72. The van der Waals surface area contributed by atoms with Gasteiger partial charge in [0.05, 0.1) is 0 Å². The van der Waals surface area contributed by atoms with Gasteiger partial charge in [-0.25, -0.2) is 4.39 Å². The van der Waals surface area contributed by atoms with Gasteiger partial charge in [0.2, 0.25) is 0 Å². The molecule has 118 valence electrons. The second kappa shape index (κ2) is 7.22. The molecular formula is C14H11ClF4N2O. The van der Waals surface area contributed by atoms with E-state index in [4.69, 9.17) is 0 Å². The van der Waals surface area contributed by atoms with Gasteiger partial charge >= 0.3 is 12.1 Å². The number of rotatable bonds is 3. The molecule has 0 saturated heterocycles. The van der Waals surface area contributed by atoms with Gasteiger partial charge < -0.3 is 5.32 Å². The minimum atomic E-state index is -4.94. The van der Waals surface area contributed by atoms with E-state index in [0.717, 1.165) is 6.07 Å². The summed E-state index contributed by atoms with van der Waals surface area (Å²) in [5.41, 5.74) is 1.14. The summed E-state index contributed by atoms with van der Waals surface area (Å²) < 4.78 is 50.0. The van der Waals surface area contributed by atoms with Crippen molar-refractivity contribution in [2.45, 2.75) is 12.7 Å². The number of carbonyl (C=O) groups is 1. The highest BCUT2D eigenvalue weighted by Crippen LogP contribution is 2.23. The van der Waals surface area contributed by atoms with E-state index in [1.165, 1.54) is 24.5 Å². The molecular weight excluding hydrogens is 324 g/mol. The van der Waals surface area contributed by atoms with Crippen molar-refractivity contribution in [3.8, 4) is 11.1 Å². The van der Waals surface area contributed by atoms with Gasteiger partial charge in [-0.1, -0.05) is 6.07 Å². The van der Waals surface area contributed by atoms with E-state index in [0.29, 0.717) is 11.1 Å². The fraction of sp³-hybridized carbons (Fsp3) is 0.143. The Hall–Kier alpha value is -2.15. The molecule has 1 amide bonds. The zero-order valence-electron chi connectivity index (χ0n) is 11.0. The maximum absolute atomic E-state index is 13.8. The molecule has 1 aromatic carbocycles. The van der Waals surface area contributed by atoms with E-state index in [-0.39, 0.29) is 24.5 Å². The molecule has 0 bridgehead atoms. The average molecular weight is 335 g/mol. The van der Waals surface area contributed by atoms with Gasteiger partial charge in [-0.05, 0) is 35.4 Å². The Balaban J connectivity index is 0.00000242. The number of nitrogens with one attached hydrogen (secondary N) is 1. The Kier molecular flexibility index (Phi) is 5.87. The molecule has 0 radical (unpaired) electrons. The van der Waals surface area contributed by atoms with Gasteiger partial charge in [0.15, 0.2) is 0 Å². The molecule has 0 unspecified atom stereocenters. The molecule has 22 heavy (non-hydrogen) atoms. The highest BCUT2D eigenvalue weighted by Gasteiger charge is 2.38. The Morgan fingerprint density at radius 1 is 1.14 bits per heavy atom. The van der Waals surface area contributed by atoms with E-state index in [9.17, 15) is 22.4 Å². The van der Waals surface area contributed by atoms with Crippen LogP contribution < -0.4 is 5.32 Å². The van der Waals surface area contributed by atoms with Gasteiger partial charge in [-0.3, -0.25) is 9.78 Å². The van der Waals surface area contributed by atoms with Crippen molar-refractivity contribution >= 4 is 18.3 Å². The number of hydrogen-bond acceptors (Lipinski definition) is 2. The van der Waals surface area contributed by atoms with Crippen LogP contribution in [0.5, 0.6) is 0 Å². The molecule has 0 aliphatic rings. The van der Waals surface area contributed by atoms with E-state index in [1.54, 1.807) is 17.4 Å². The summed E-state index contributed by atoms with van der Waals surface area (Å²) >= 11 is 0. The van der Waals surface area contributed by atoms with Crippen molar-refractivity contribution in [1.29, 1.82) is 0 Å². The molecule has 2 aromatic rings. The summed E-state index contributed by atoms with van der Waals surface area (Å²) in [5.74, 6) is -2.54. The normalized spacial score (nSPS) is 10.7. The van der Waals surface area contributed by atoms with Crippen LogP contribution in [0.4, 0.5) is 17.6 Å². The molecule has 0 saturated carbocycles. The summed E-state index contributed by atoms with van der Waals surface area (Å²) in [6.45, 7) is -0.337. The van der Waals surface area contributed by atoms with Crippen LogP contribution in [0.1, 0.15) is 5.56 Å². The summed E-state index contributed by atoms with van der Waals surface area (Å²) in [7, 11) is 0. The molecule has 0 aliphatic carbocycles. The van der Waals surface area contributed by atoms with Crippen LogP contribution in [0.2, 0.25) is 0 Å². The Bertz CT molecular complexity index is 647. The van der Waals surface area contributed by atoms with Gasteiger partial charge in [0.1, 0.15) is 5.82 Å². The lowest BCUT2D eigenvalue weighted by molar-refractivity contribution is -0.173. The monoisotopic (exact) mass is 334 g/mol. The highest BCUT2D eigenvalue weighted by atomic mass is 35.5. The molecule has 0 spiro atoms. The molecule has 0 aliphatic heterocycles. The number of nitrogens with zero attached hydrogens (tertiary/aromatic N) is 1. The summed E-state index contributed by atoms with van der Waals surface area (Å²) in [6.07, 6.45) is -1.98. The van der Waals surface area contributed by atoms with Crippen LogP contribution in [-0.4, -0.2) is 17.1 Å². The fourth-order valence-corrected chi connectivity index (χ4v) is 1.72. The van der Waals surface area contributed by atoms with Gasteiger partial charge in [0.25, 0.3) is 0 Å². The van der Waals surface area contributed by atoms with E-state index in [1.807, 2.05) is 0 Å². The number of alkyl halides is 3. The summed E-state index contributed by atoms with van der Waals surface area (Å²) in [5, 5.41) is 1.74. The van der Waals surface area contributed by atoms with E-state index in [2.05, 4.69) is 4.98 Å². The van der Waals surface area contributed by atoms with E-state index >= 15 is 0 Å². The van der Waals surface area contributed by atoms with Crippen molar-refractivity contribution in [3.63, 3.8) is 0 Å². The minimum absolute atomic E-state index is 0. The van der Waals surface area contributed by atoms with Crippen LogP contribution in [0.25, 0.3) is 11.1 Å². The zero-order chi connectivity index (χ0) is 15.5.